The Morgan fingerprint density at radius 1 is 1.35 bits per heavy atom. The summed E-state index contributed by atoms with van der Waals surface area (Å²) in [7, 11) is 0. The molecular weight excluding hydrogens is 222 g/mol. The van der Waals surface area contributed by atoms with Crippen molar-refractivity contribution in [1.29, 1.82) is 0 Å². The van der Waals surface area contributed by atoms with Gasteiger partial charge in [-0.05, 0) is 40.0 Å². The molecule has 1 aliphatic carbocycles. The summed E-state index contributed by atoms with van der Waals surface area (Å²) in [5.41, 5.74) is -0.800. The Hall–Kier alpha value is -1.26. The van der Waals surface area contributed by atoms with Crippen molar-refractivity contribution in [3.8, 4) is 0 Å². The van der Waals surface area contributed by atoms with Crippen molar-refractivity contribution in [1.82, 2.24) is 4.90 Å². The van der Waals surface area contributed by atoms with Gasteiger partial charge in [-0.3, -0.25) is 4.90 Å². The zero-order valence-electron chi connectivity index (χ0n) is 10.5. The molecule has 1 atom stereocenters. The van der Waals surface area contributed by atoms with E-state index in [-0.39, 0.29) is 5.54 Å². The van der Waals surface area contributed by atoms with Crippen molar-refractivity contribution in [2.45, 2.75) is 63.6 Å². The highest BCUT2D eigenvalue weighted by Crippen LogP contribution is 2.51. The second-order valence-corrected chi connectivity index (χ2v) is 5.99. The third-order valence-electron chi connectivity index (χ3n) is 3.56. The number of hydrogen-bond acceptors (Lipinski definition) is 3. The third-order valence-corrected chi connectivity index (χ3v) is 3.56. The van der Waals surface area contributed by atoms with Gasteiger partial charge in [-0.25, -0.2) is 9.59 Å². The average molecular weight is 241 g/mol. The molecule has 1 spiro atoms. The number of carboxylic acids is 1. The van der Waals surface area contributed by atoms with Gasteiger partial charge in [-0.1, -0.05) is 0 Å². The van der Waals surface area contributed by atoms with Gasteiger partial charge in [0.05, 0.1) is 0 Å². The van der Waals surface area contributed by atoms with Crippen LogP contribution in [0.25, 0.3) is 0 Å². The molecule has 0 aromatic heterocycles. The summed E-state index contributed by atoms with van der Waals surface area (Å²) in [5.74, 6) is -0.937. The van der Waals surface area contributed by atoms with Gasteiger partial charge >= 0.3 is 12.1 Å². The Labute approximate surface area is 101 Å². The Kier molecular flexibility index (Phi) is 2.60. The number of hydrogen-bond donors (Lipinski definition) is 1. The van der Waals surface area contributed by atoms with Crippen molar-refractivity contribution in [3.63, 3.8) is 0 Å². The topological polar surface area (TPSA) is 66.8 Å². The van der Waals surface area contributed by atoms with Crippen LogP contribution in [-0.4, -0.2) is 39.3 Å². The molecule has 1 heterocycles. The van der Waals surface area contributed by atoms with E-state index in [2.05, 4.69) is 0 Å². The lowest BCUT2D eigenvalue weighted by molar-refractivity contribution is -0.168. The lowest BCUT2D eigenvalue weighted by Crippen LogP contribution is -2.73. The van der Waals surface area contributed by atoms with Crippen LogP contribution in [0.2, 0.25) is 0 Å². The maximum atomic E-state index is 12.0. The highest BCUT2D eigenvalue weighted by atomic mass is 16.6. The first-order valence-corrected chi connectivity index (χ1v) is 6.00. The van der Waals surface area contributed by atoms with Crippen LogP contribution in [-0.2, 0) is 9.53 Å². The lowest BCUT2D eigenvalue weighted by Gasteiger charge is -2.61. The van der Waals surface area contributed by atoms with E-state index in [0.717, 1.165) is 19.3 Å². The number of nitrogens with zero attached hydrogens (tertiary/aromatic N) is 1. The molecule has 0 aromatic rings. The Bertz CT molecular complexity index is 354. The maximum absolute atomic E-state index is 12.0. The SMILES string of the molecule is CC(C)(C)OC(=O)N1C(C(=O)O)CC12CCC2. The fourth-order valence-corrected chi connectivity index (χ4v) is 2.63. The molecule has 1 N–H and O–H groups in total. The van der Waals surface area contributed by atoms with Crippen molar-refractivity contribution in [3.05, 3.63) is 0 Å². The molecule has 5 nitrogen and oxygen atoms in total. The number of likely N-dealkylation sites (tertiary alicyclic amines) is 1. The number of amides is 1. The van der Waals surface area contributed by atoms with Gasteiger partial charge in [0.15, 0.2) is 0 Å². The van der Waals surface area contributed by atoms with Crippen LogP contribution in [0.15, 0.2) is 0 Å². The first-order valence-electron chi connectivity index (χ1n) is 6.00. The first-order chi connectivity index (χ1) is 7.75. The molecule has 0 bridgehead atoms. The van der Waals surface area contributed by atoms with E-state index in [4.69, 9.17) is 9.84 Å². The molecule has 1 amide bonds. The van der Waals surface area contributed by atoms with Gasteiger partial charge in [0.25, 0.3) is 0 Å². The molecule has 1 saturated heterocycles. The van der Waals surface area contributed by atoms with Crippen LogP contribution in [0.3, 0.4) is 0 Å². The summed E-state index contributed by atoms with van der Waals surface area (Å²) in [6.07, 6.45) is 2.94. The molecule has 1 unspecified atom stereocenters. The predicted octanol–water partition coefficient (Wildman–Crippen LogP) is 2.00. The number of carbonyl (C=O) groups excluding carboxylic acids is 1. The smallest absolute Gasteiger partial charge is 0.411 e. The molecule has 0 aromatic carbocycles. The summed E-state index contributed by atoms with van der Waals surface area (Å²) in [6, 6.07) is -0.704. The molecule has 2 rings (SSSR count). The second-order valence-electron chi connectivity index (χ2n) is 5.99. The minimum absolute atomic E-state index is 0.217. The van der Waals surface area contributed by atoms with E-state index >= 15 is 0 Å². The highest BCUT2D eigenvalue weighted by Gasteiger charge is 2.60. The van der Waals surface area contributed by atoms with E-state index in [1.807, 2.05) is 0 Å². The van der Waals surface area contributed by atoms with E-state index in [0.29, 0.717) is 6.42 Å². The summed E-state index contributed by atoms with van der Waals surface area (Å²) in [4.78, 5) is 24.5. The summed E-state index contributed by atoms with van der Waals surface area (Å²) >= 11 is 0. The van der Waals surface area contributed by atoms with Crippen LogP contribution in [0.4, 0.5) is 4.79 Å². The van der Waals surface area contributed by atoms with Crippen LogP contribution in [0.5, 0.6) is 0 Å². The van der Waals surface area contributed by atoms with Gasteiger partial charge in [-0.2, -0.15) is 0 Å². The number of aliphatic carboxylic acids is 1. The fourth-order valence-electron chi connectivity index (χ4n) is 2.63. The first kappa shape index (κ1) is 12.2. The minimum Gasteiger partial charge on any atom is -0.480 e. The average Bonchev–Trinajstić information content (AvgIpc) is 1.93. The number of carbonyl (C=O) groups is 2. The predicted molar refractivity (Wildman–Crippen MR) is 60.7 cm³/mol. The van der Waals surface area contributed by atoms with E-state index in [9.17, 15) is 9.59 Å². The standard InChI is InChI=1S/C12H19NO4/c1-11(2,3)17-10(16)13-8(9(14)15)7-12(13)5-4-6-12/h8H,4-7H2,1-3H3,(H,14,15). The molecule has 2 fully saturated rings. The number of rotatable bonds is 1. The van der Waals surface area contributed by atoms with Gasteiger partial charge in [0, 0.05) is 12.0 Å². The molecule has 5 heteroatoms. The summed E-state index contributed by atoms with van der Waals surface area (Å²) in [6.45, 7) is 5.36. The Balaban J connectivity index is 2.09. The Morgan fingerprint density at radius 3 is 2.29 bits per heavy atom. The molecule has 17 heavy (non-hydrogen) atoms. The molecule has 1 aliphatic heterocycles. The normalized spacial score (nSPS) is 26.1. The van der Waals surface area contributed by atoms with Gasteiger partial charge in [-0.15, -0.1) is 0 Å². The van der Waals surface area contributed by atoms with Crippen LogP contribution < -0.4 is 0 Å². The number of carboxylic acid groups (broad SMARTS) is 1. The maximum Gasteiger partial charge on any atom is 0.411 e. The van der Waals surface area contributed by atoms with Crippen LogP contribution in [0, 0.1) is 0 Å². The van der Waals surface area contributed by atoms with E-state index in [1.54, 1.807) is 20.8 Å². The number of ether oxygens (including phenoxy) is 1. The largest absolute Gasteiger partial charge is 0.480 e. The molecular formula is C12H19NO4. The fraction of sp³-hybridized carbons (Fsp3) is 0.833. The van der Waals surface area contributed by atoms with Crippen molar-refractivity contribution >= 4 is 12.1 Å². The molecule has 0 radical (unpaired) electrons. The third kappa shape index (κ3) is 1.98. The molecule has 2 aliphatic rings. The van der Waals surface area contributed by atoms with Gasteiger partial charge in [0.2, 0.25) is 0 Å². The molecule has 96 valence electrons. The highest BCUT2D eigenvalue weighted by molar-refractivity contribution is 5.83. The zero-order valence-corrected chi connectivity index (χ0v) is 10.5. The summed E-state index contributed by atoms with van der Waals surface area (Å²) < 4.78 is 5.28. The van der Waals surface area contributed by atoms with Crippen LogP contribution in [0.1, 0.15) is 46.5 Å². The second kappa shape index (κ2) is 3.62. The van der Waals surface area contributed by atoms with E-state index < -0.39 is 23.7 Å². The van der Waals surface area contributed by atoms with E-state index in [1.165, 1.54) is 4.90 Å². The minimum atomic E-state index is -0.937. The molecule has 1 saturated carbocycles. The monoisotopic (exact) mass is 241 g/mol. The van der Waals surface area contributed by atoms with Crippen molar-refractivity contribution < 1.29 is 19.4 Å². The van der Waals surface area contributed by atoms with Crippen molar-refractivity contribution in [2.24, 2.45) is 0 Å². The lowest BCUT2D eigenvalue weighted by atomic mass is 9.64. The van der Waals surface area contributed by atoms with Crippen LogP contribution >= 0.6 is 0 Å². The van der Waals surface area contributed by atoms with Gasteiger partial charge in [0.1, 0.15) is 11.6 Å². The van der Waals surface area contributed by atoms with Crippen molar-refractivity contribution in [2.75, 3.05) is 0 Å². The van der Waals surface area contributed by atoms with Gasteiger partial charge < -0.3 is 9.84 Å². The summed E-state index contributed by atoms with van der Waals surface area (Å²) in [5, 5.41) is 9.05. The zero-order chi connectivity index (χ0) is 12.8. The quantitative estimate of drug-likeness (QED) is 0.762. The Morgan fingerprint density at radius 2 is 1.94 bits per heavy atom.